The molecule has 13 heteroatoms. The van der Waals surface area contributed by atoms with E-state index >= 15 is 0 Å². The van der Waals surface area contributed by atoms with Crippen LogP contribution in [0.1, 0.15) is 0 Å². The lowest BCUT2D eigenvalue weighted by Gasteiger charge is -2.36. The summed E-state index contributed by atoms with van der Waals surface area (Å²) in [4.78, 5) is 10.3. The van der Waals surface area contributed by atoms with Crippen molar-refractivity contribution in [1.82, 2.24) is 14.3 Å². The van der Waals surface area contributed by atoms with Gasteiger partial charge in [0.05, 0.1) is 16.1 Å². The Kier molecular flexibility index (Phi) is 7.62. The van der Waals surface area contributed by atoms with Gasteiger partial charge in [0.2, 0.25) is 10.0 Å². The van der Waals surface area contributed by atoms with Crippen molar-refractivity contribution in [2.75, 3.05) is 36.4 Å². The summed E-state index contributed by atoms with van der Waals surface area (Å²) in [5.41, 5.74) is 2.78. The normalized spacial score (nSPS) is 14.8. The zero-order valence-corrected chi connectivity index (χ0v) is 23.5. The summed E-state index contributed by atoms with van der Waals surface area (Å²) >= 11 is 30.8. The van der Waals surface area contributed by atoms with Gasteiger partial charge >= 0.3 is 0 Å². The van der Waals surface area contributed by atoms with E-state index in [0.29, 0.717) is 23.8 Å². The molecule has 37 heavy (non-hydrogen) atoms. The van der Waals surface area contributed by atoms with Crippen molar-refractivity contribution in [1.29, 1.82) is 0 Å². The Morgan fingerprint density at radius 3 is 2.11 bits per heavy atom. The third-order valence-corrected chi connectivity index (χ3v) is 9.61. The molecule has 5 rings (SSSR count). The molecule has 0 bridgehead atoms. The zero-order valence-electron chi connectivity index (χ0n) is 18.9. The fourth-order valence-corrected chi connectivity index (χ4v) is 6.69. The van der Waals surface area contributed by atoms with E-state index in [1.807, 2.05) is 17.0 Å². The molecule has 0 amide bonds. The molecule has 1 aliphatic rings. The molecule has 0 saturated carbocycles. The standard InChI is InChI=1S/C24H18Cl5N5O2S/c25-14-1-6-17-18(7-8-30-19(17)13-14)31-15-2-4-16(5-3-15)37(35,36)34-11-9-33(10-12-34)22-20(26)23(28)32-24(29)21(22)27/h1-8,13H,9-12H2,(H,30,31). The highest BCUT2D eigenvalue weighted by Crippen LogP contribution is 2.41. The highest BCUT2D eigenvalue weighted by Gasteiger charge is 2.31. The SMILES string of the molecule is O=S(=O)(c1ccc(Nc2ccnc3cc(Cl)ccc23)cc1)N1CCN(c2c(Cl)c(Cl)nc(Cl)c2Cl)CC1. The Hall–Kier alpha value is -2.04. The maximum absolute atomic E-state index is 13.3. The van der Waals surface area contributed by atoms with Crippen LogP contribution in [-0.2, 0) is 10.0 Å². The van der Waals surface area contributed by atoms with Crippen LogP contribution >= 0.6 is 58.0 Å². The van der Waals surface area contributed by atoms with Gasteiger partial charge in [-0.25, -0.2) is 13.4 Å². The fourth-order valence-electron chi connectivity index (χ4n) is 4.15. The second-order valence-corrected chi connectivity index (χ2v) is 12.1. The van der Waals surface area contributed by atoms with Gasteiger partial charge in [-0.3, -0.25) is 4.98 Å². The summed E-state index contributed by atoms with van der Waals surface area (Å²) in [5.74, 6) is 0. The minimum absolute atomic E-state index is 0.0402. The monoisotopic (exact) mass is 615 g/mol. The molecule has 0 spiro atoms. The Bertz CT molecular complexity index is 1570. The summed E-state index contributed by atoms with van der Waals surface area (Å²) in [6.45, 7) is 1.18. The Morgan fingerprint density at radius 2 is 1.46 bits per heavy atom. The van der Waals surface area contributed by atoms with E-state index in [4.69, 9.17) is 58.0 Å². The molecule has 0 radical (unpaired) electrons. The summed E-state index contributed by atoms with van der Waals surface area (Å²) < 4.78 is 28.1. The number of hydrogen-bond donors (Lipinski definition) is 1. The first-order chi connectivity index (χ1) is 17.6. The number of nitrogens with one attached hydrogen (secondary N) is 1. The molecule has 1 saturated heterocycles. The van der Waals surface area contributed by atoms with Crippen molar-refractivity contribution < 1.29 is 8.42 Å². The number of hydrogen-bond acceptors (Lipinski definition) is 6. The molecule has 1 N–H and O–H groups in total. The van der Waals surface area contributed by atoms with Crippen LogP contribution in [0, 0.1) is 0 Å². The molecule has 4 aromatic rings. The number of benzene rings is 2. The van der Waals surface area contributed by atoms with Gasteiger partial charge in [0, 0.05) is 54.2 Å². The van der Waals surface area contributed by atoms with Crippen molar-refractivity contribution >= 4 is 96.0 Å². The number of nitrogens with zero attached hydrogens (tertiary/aromatic N) is 4. The molecule has 3 heterocycles. The smallest absolute Gasteiger partial charge is 0.243 e. The van der Waals surface area contributed by atoms with Crippen LogP contribution in [0.4, 0.5) is 17.1 Å². The Balaban J connectivity index is 1.30. The van der Waals surface area contributed by atoms with Crippen LogP contribution in [0.5, 0.6) is 0 Å². The summed E-state index contributed by atoms with van der Waals surface area (Å²) in [6.07, 6.45) is 1.69. The van der Waals surface area contributed by atoms with Crippen LogP contribution in [0.3, 0.4) is 0 Å². The molecule has 2 aromatic heterocycles. The van der Waals surface area contributed by atoms with Crippen LogP contribution in [0.2, 0.25) is 25.4 Å². The van der Waals surface area contributed by atoms with E-state index in [-0.39, 0.29) is 38.3 Å². The first-order valence-corrected chi connectivity index (χ1v) is 14.3. The number of fused-ring (bicyclic) bond motifs is 1. The molecule has 0 aliphatic carbocycles. The fraction of sp³-hybridized carbons (Fsp3) is 0.167. The number of aromatic nitrogens is 2. The van der Waals surface area contributed by atoms with Crippen molar-refractivity contribution in [2.24, 2.45) is 0 Å². The third kappa shape index (κ3) is 5.29. The van der Waals surface area contributed by atoms with Gasteiger partial charge < -0.3 is 10.2 Å². The van der Waals surface area contributed by atoms with Crippen molar-refractivity contribution in [2.45, 2.75) is 4.90 Å². The van der Waals surface area contributed by atoms with Crippen molar-refractivity contribution in [3.63, 3.8) is 0 Å². The first-order valence-electron chi connectivity index (χ1n) is 11.0. The summed E-state index contributed by atoms with van der Waals surface area (Å²) in [5, 5.41) is 5.27. The lowest BCUT2D eigenvalue weighted by Crippen LogP contribution is -2.48. The minimum atomic E-state index is -3.71. The number of piperazine rings is 1. The van der Waals surface area contributed by atoms with Crippen molar-refractivity contribution in [3.8, 4) is 0 Å². The number of rotatable bonds is 5. The van der Waals surface area contributed by atoms with E-state index in [1.54, 1.807) is 42.6 Å². The number of anilines is 3. The molecule has 7 nitrogen and oxygen atoms in total. The zero-order chi connectivity index (χ0) is 26.3. The lowest BCUT2D eigenvalue weighted by atomic mass is 10.2. The molecular weight excluding hydrogens is 600 g/mol. The quantitative estimate of drug-likeness (QED) is 0.240. The van der Waals surface area contributed by atoms with Gasteiger partial charge in [0.15, 0.2) is 10.3 Å². The van der Waals surface area contributed by atoms with E-state index in [1.165, 1.54) is 4.31 Å². The van der Waals surface area contributed by atoms with Crippen LogP contribution in [0.15, 0.2) is 59.6 Å². The maximum Gasteiger partial charge on any atom is 0.243 e. The minimum Gasteiger partial charge on any atom is -0.366 e. The summed E-state index contributed by atoms with van der Waals surface area (Å²) in [7, 11) is -3.71. The van der Waals surface area contributed by atoms with E-state index in [9.17, 15) is 8.42 Å². The topological polar surface area (TPSA) is 78.4 Å². The first kappa shape index (κ1) is 26.6. The number of pyridine rings is 2. The van der Waals surface area contributed by atoms with Gasteiger partial charge in [-0.2, -0.15) is 4.31 Å². The highest BCUT2D eigenvalue weighted by atomic mass is 35.5. The van der Waals surface area contributed by atoms with Gasteiger partial charge in [-0.05, 0) is 48.5 Å². The second kappa shape index (κ2) is 10.6. The molecular formula is C24H18Cl5N5O2S. The molecule has 0 atom stereocenters. The lowest BCUT2D eigenvalue weighted by molar-refractivity contribution is 0.385. The molecule has 1 fully saturated rings. The average molecular weight is 618 g/mol. The van der Waals surface area contributed by atoms with Crippen molar-refractivity contribution in [3.05, 3.63) is 80.1 Å². The largest absolute Gasteiger partial charge is 0.366 e. The number of sulfonamides is 1. The molecule has 2 aromatic carbocycles. The summed E-state index contributed by atoms with van der Waals surface area (Å²) in [6, 6.07) is 13.9. The second-order valence-electron chi connectivity index (χ2n) is 8.23. The molecule has 192 valence electrons. The van der Waals surface area contributed by atoms with Gasteiger partial charge in [-0.1, -0.05) is 58.0 Å². The van der Waals surface area contributed by atoms with Crippen LogP contribution in [-0.4, -0.2) is 48.9 Å². The predicted octanol–water partition coefficient (Wildman–Crippen LogP) is 7.15. The van der Waals surface area contributed by atoms with Gasteiger partial charge in [-0.15, -0.1) is 0 Å². The van der Waals surface area contributed by atoms with E-state index in [2.05, 4.69) is 15.3 Å². The van der Waals surface area contributed by atoms with Crippen LogP contribution < -0.4 is 10.2 Å². The maximum atomic E-state index is 13.3. The van der Waals surface area contributed by atoms with Gasteiger partial charge in [0.25, 0.3) is 0 Å². The average Bonchev–Trinajstić information content (AvgIpc) is 2.88. The molecule has 1 aliphatic heterocycles. The van der Waals surface area contributed by atoms with E-state index < -0.39 is 10.0 Å². The van der Waals surface area contributed by atoms with E-state index in [0.717, 1.165) is 22.3 Å². The molecule has 0 unspecified atom stereocenters. The van der Waals surface area contributed by atoms with Crippen LogP contribution in [0.25, 0.3) is 10.9 Å². The Labute approximate surface area is 238 Å². The number of halogens is 5. The predicted molar refractivity (Wildman–Crippen MR) is 152 cm³/mol. The Morgan fingerprint density at radius 1 is 0.811 bits per heavy atom. The van der Waals surface area contributed by atoms with Gasteiger partial charge in [0.1, 0.15) is 10.0 Å². The third-order valence-electron chi connectivity index (χ3n) is 6.01. The highest BCUT2D eigenvalue weighted by molar-refractivity contribution is 7.89.